The molecule has 40 valence electrons. The van der Waals surface area contributed by atoms with Crippen molar-refractivity contribution in [2.75, 3.05) is 0 Å². The van der Waals surface area contributed by atoms with E-state index in [0.717, 1.165) is 18.6 Å². The van der Waals surface area contributed by atoms with E-state index in [1.54, 1.807) is 0 Å². The van der Waals surface area contributed by atoms with Gasteiger partial charge in [-0.25, -0.2) is 0 Å². The van der Waals surface area contributed by atoms with E-state index in [1.807, 2.05) is 0 Å². The average Bonchev–Trinajstić information content (AvgIpc) is 2.43. The molecule has 1 aliphatic carbocycles. The largest absolute Gasteiger partial charge is 0.303 e. The molecule has 7 heavy (non-hydrogen) atoms. The molecule has 0 N–H and O–H groups in total. The maximum Gasteiger partial charge on any atom is 0.123 e. The minimum absolute atomic E-state index is 0.435. The van der Waals surface area contributed by atoms with Gasteiger partial charge < -0.3 is 4.79 Å². The molecule has 0 amide bonds. The predicted molar refractivity (Wildman–Crippen MR) is 28.0 cm³/mol. The highest BCUT2D eigenvalue weighted by molar-refractivity contribution is 5.57. The van der Waals surface area contributed by atoms with Crippen LogP contribution in [-0.4, -0.2) is 6.29 Å². The molecule has 0 aromatic carbocycles. The van der Waals surface area contributed by atoms with Crippen LogP contribution in [0.1, 0.15) is 19.8 Å². The van der Waals surface area contributed by atoms with Crippen molar-refractivity contribution in [1.82, 2.24) is 0 Å². The molecule has 0 spiro atoms. The summed E-state index contributed by atoms with van der Waals surface area (Å²) >= 11 is 0. The zero-order chi connectivity index (χ0) is 5.28. The summed E-state index contributed by atoms with van der Waals surface area (Å²) in [6.07, 6.45) is 3.41. The zero-order valence-electron chi connectivity index (χ0n) is 4.55. The number of rotatable bonds is 2. The lowest BCUT2D eigenvalue weighted by atomic mass is 10.3. The molecule has 1 aliphatic rings. The third kappa shape index (κ3) is 0.817. The Morgan fingerprint density at radius 1 is 1.86 bits per heavy atom. The van der Waals surface area contributed by atoms with Crippen LogP contribution in [0.25, 0.3) is 0 Å². The third-order valence-corrected chi connectivity index (χ3v) is 1.68. The summed E-state index contributed by atoms with van der Waals surface area (Å²) in [6, 6.07) is 0. The highest BCUT2D eigenvalue weighted by Gasteiger charge is 2.34. The van der Waals surface area contributed by atoms with Crippen LogP contribution in [0, 0.1) is 11.8 Å². The van der Waals surface area contributed by atoms with Gasteiger partial charge in [-0.3, -0.25) is 0 Å². The molecular weight excluding hydrogens is 88.1 g/mol. The first kappa shape index (κ1) is 4.82. The molecule has 1 saturated carbocycles. The molecule has 1 fully saturated rings. The number of hydrogen-bond acceptors (Lipinski definition) is 1. The summed E-state index contributed by atoms with van der Waals surface area (Å²) < 4.78 is 0. The van der Waals surface area contributed by atoms with E-state index in [-0.39, 0.29) is 0 Å². The van der Waals surface area contributed by atoms with Gasteiger partial charge in [-0.1, -0.05) is 13.3 Å². The summed E-state index contributed by atoms with van der Waals surface area (Å²) in [5, 5.41) is 0. The van der Waals surface area contributed by atoms with Gasteiger partial charge in [0, 0.05) is 5.92 Å². The van der Waals surface area contributed by atoms with Gasteiger partial charge in [0.1, 0.15) is 6.29 Å². The van der Waals surface area contributed by atoms with Crippen LogP contribution in [0.4, 0.5) is 0 Å². The third-order valence-electron chi connectivity index (χ3n) is 1.68. The fraction of sp³-hybridized carbons (Fsp3) is 0.833. The monoisotopic (exact) mass is 98.1 g/mol. The topological polar surface area (TPSA) is 17.1 Å². The first-order valence-corrected chi connectivity index (χ1v) is 2.83. The van der Waals surface area contributed by atoms with Crippen LogP contribution in [-0.2, 0) is 4.79 Å². The van der Waals surface area contributed by atoms with Crippen molar-refractivity contribution in [3.8, 4) is 0 Å². The zero-order valence-corrected chi connectivity index (χ0v) is 4.55. The minimum atomic E-state index is 0.435. The predicted octanol–water partition coefficient (Wildman–Crippen LogP) is 1.23. The van der Waals surface area contributed by atoms with E-state index >= 15 is 0 Å². The van der Waals surface area contributed by atoms with Crippen molar-refractivity contribution in [3.05, 3.63) is 0 Å². The quantitative estimate of drug-likeness (QED) is 0.475. The van der Waals surface area contributed by atoms with E-state index in [0.29, 0.717) is 5.92 Å². The fourth-order valence-corrected chi connectivity index (χ4v) is 0.907. The van der Waals surface area contributed by atoms with Crippen molar-refractivity contribution < 1.29 is 4.79 Å². The maximum atomic E-state index is 9.94. The summed E-state index contributed by atoms with van der Waals surface area (Å²) in [5.74, 6) is 1.18. The Bertz CT molecular complexity index is 78.2. The van der Waals surface area contributed by atoms with Crippen LogP contribution in [0.5, 0.6) is 0 Å². The molecular formula is C6H10O. The van der Waals surface area contributed by atoms with Gasteiger partial charge in [0.2, 0.25) is 0 Å². The minimum Gasteiger partial charge on any atom is -0.303 e. The smallest absolute Gasteiger partial charge is 0.123 e. The molecule has 0 aromatic heterocycles. The Kier molecular flexibility index (Phi) is 1.13. The van der Waals surface area contributed by atoms with Gasteiger partial charge in [0.25, 0.3) is 0 Å². The van der Waals surface area contributed by atoms with Crippen LogP contribution < -0.4 is 0 Å². The van der Waals surface area contributed by atoms with Gasteiger partial charge >= 0.3 is 0 Å². The Labute approximate surface area is 43.7 Å². The van der Waals surface area contributed by atoms with Crippen molar-refractivity contribution >= 4 is 6.29 Å². The van der Waals surface area contributed by atoms with Crippen LogP contribution in [0.3, 0.4) is 0 Å². The lowest BCUT2D eigenvalue weighted by Crippen LogP contribution is -1.78. The highest BCUT2D eigenvalue weighted by atomic mass is 16.1. The maximum absolute atomic E-state index is 9.94. The molecule has 0 aromatic rings. The number of carbonyl (C=O) groups excluding carboxylic acids is 1. The molecule has 0 radical (unpaired) electrons. The molecule has 0 bridgehead atoms. The molecule has 1 rings (SSSR count). The first-order valence-electron chi connectivity index (χ1n) is 2.83. The molecule has 0 heterocycles. The van der Waals surface area contributed by atoms with Crippen molar-refractivity contribution in [2.24, 2.45) is 11.8 Å². The van der Waals surface area contributed by atoms with Crippen LogP contribution in [0.2, 0.25) is 0 Å². The van der Waals surface area contributed by atoms with Crippen molar-refractivity contribution in [2.45, 2.75) is 19.8 Å². The molecule has 2 atom stereocenters. The van der Waals surface area contributed by atoms with Gasteiger partial charge in [-0.15, -0.1) is 0 Å². The summed E-state index contributed by atoms with van der Waals surface area (Å²) in [4.78, 5) is 9.94. The SMILES string of the molecule is CCC1C[C@@H]1C=O. The van der Waals surface area contributed by atoms with E-state index in [9.17, 15) is 4.79 Å². The second kappa shape index (κ2) is 1.65. The molecule has 0 aliphatic heterocycles. The van der Waals surface area contributed by atoms with Crippen molar-refractivity contribution in [3.63, 3.8) is 0 Å². The summed E-state index contributed by atoms with van der Waals surface area (Å²) in [6.45, 7) is 2.13. The van der Waals surface area contributed by atoms with Gasteiger partial charge in [0.15, 0.2) is 0 Å². The van der Waals surface area contributed by atoms with Crippen LogP contribution in [0.15, 0.2) is 0 Å². The van der Waals surface area contributed by atoms with Gasteiger partial charge in [-0.05, 0) is 12.3 Å². The Hall–Kier alpha value is -0.330. The second-order valence-electron chi connectivity index (χ2n) is 2.20. The lowest BCUT2D eigenvalue weighted by Gasteiger charge is -1.78. The number of carbonyl (C=O) groups is 1. The standard InChI is InChI=1S/C6H10O/c1-2-5-3-6(5)4-7/h4-6H,2-3H2,1H3/t5?,6-/m1/s1. The fourth-order valence-electron chi connectivity index (χ4n) is 0.907. The molecule has 0 saturated heterocycles. The van der Waals surface area contributed by atoms with E-state index < -0.39 is 0 Å². The van der Waals surface area contributed by atoms with E-state index in [2.05, 4.69) is 6.92 Å². The Morgan fingerprint density at radius 2 is 2.57 bits per heavy atom. The average molecular weight is 98.1 g/mol. The van der Waals surface area contributed by atoms with Crippen LogP contribution >= 0.6 is 0 Å². The van der Waals surface area contributed by atoms with E-state index in [4.69, 9.17) is 0 Å². The van der Waals surface area contributed by atoms with Gasteiger partial charge in [0.05, 0.1) is 0 Å². The van der Waals surface area contributed by atoms with E-state index in [1.165, 1.54) is 6.42 Å². The molecule has 1 unspecified atom stereocenters. The normalized spacial score (nSPS) is 37.9. The second-order valence-corrected chi connectivity index (χ2v) is 2.20. The Morgan fingerprint density at radius 3 is 2.71 bits per heavy atom. The summed E-state index contributed by atoms with van der Waals surface area (Å²) in [5.41, 5.74) is 0. The van der Waals surface area contributed by atoms with Gasteiger partial charge in [-0.2, -0.15) is 0 Å². The number of hydrogen-bond donors (Lipinski definition) is 0. The molecule has 1 nitrogen and oxygen atoms in total. The first-order chi connectivity index (χ1) is 3.38. The number of aldehydes is 1. The summed E-state index contributed by atoms with van der Waals surface area (Å²) in [7, 11) is 0. The highest BCUT2D eigenvalue weighted by Crippen LogP contribution is 2.38. The lowest BCUT2D eigenvalue weighted by molar-refractivity contribution is -0.109. The molecule has 1 heteroatoms. The van der Waals surface area contributed by atoms with Crippen molar-refractivity contribution in [1.29, 1.82) is 0 Å². The Balaban J connectivity index is 2.17.